The summed E-state index contributed by atoms with van der Waals surface area (Å²) in [5.41, 5.74) is 6.80. The van der Waals surface area contributed by atoms with E-state index in [9.17, 15) is 4.79 Å². The fourth-order valence-electron chi connectivity index (χ4n) is 1.94. The van der Waals surface area contributed by atoms with E-state index in [2.05, 4.69) is 10.1 Å². The lowest BCUT2D eigenvalue weighted by Gasteiger charge is -2.12. The van der Waals surface area contributed by atoms with Gasteiger partial charge in [-0.25, -0.2) is 9.67 Å². The molecule has 0 aliphatic carbocycles. The monoisotopic (exact) mass is 258 g/mol. The Morgan fingerprint density at radius 1 is 1.32 bits per heavy atom. The number of Topliss-reactive ketones (excluding diaryl/α,β-unsaturated/α-hetero) is 1. The first-order valence-electron chi connectivity index (χ1n) is 6.31. The van der Waals surface area contributed by atoms with Gasteiger partial charge in [0.1, 0.15) is 12.2 Å². The van der Waals surface area contributed by atoms with Crippen LogP contribution in [-0.2, 0) is 11.2 Å². The van der Waals surface area contributed by atoms with Crippen LogP contribution < -0.4 is 5.73 Å². The first-order valence-corrected chi connectivity index (χ1v) is 6.31. The van der Waals surface area contributed by atoms with Crippen LogP contribution in [0.5, 0.6) is 0 Å². The summed E-state index contributed by atoms with van der Waals surface area (Å²) in [6.07, 6.45) is 1.67. The molecule has 0 aliphatic heterocycles. The topological polar surface area (TPSA) is 73.8 Å². The van der Waals surface area contributed by atoms with Crippen molar-refractivity contribution in [3.63, 3.8) is 0 Å². The molecule has 0 radical (unpaired) electrons. The molecule has 1 atom stereocenters. The number of hydrogen-bond donors (Lipinski definition) is 1. The predicted octanol–water partition coefficient (Wildman–Crippen LogP) is 1.67. The maximum absolute atomic E-state index is 12.2. The third-order valence-electron chi connectivity index (χ3n) is 2.97. The first-order chi connectivity index (χ1) is 9.09. The SMILES string of the molecule is CC(C)n1ncnc1CC(=O)[C@H](N)c1ccccc1. The largest absolute Gasteiger partial charge is 0.318 e. The Morgan fingerprint density at radius 2 is 2.00 bits per heavy atom. The standard InChI is InChI=1S/C14H18N4O/c1-10(2)18-13(16-9-17-18)8-12(19)14(15)11-6-4-3-5-7-11/h3-7,9-10,14H,8,15H2,1-2H3/t14-/m1/s1. The Bertz CT molecular complexity index is 548. The molecule has 0 unspecified atom stereocenters. The third-order valence-corrected chi connectivity index (χ3v) is 2.97. The maximum atomic E-state index is 12.2. The molecule has 0 bridgehead atoms. The molecule has 5 nitrogen and oxygen atoms in total. The number of rotatable bonds is 5. The van der Waals surface area contributed by atoms with E-state index in [-0.39, 0.29) is 18.2 Å². The van der Waals surface area contributed by atoms with E-state index in [1.807, 2.05) is 44.2 Å². The van der Waals surface area contributed by atoms with Crippen LogP contribution >= 0.6 is 0 Å². The van der Waals surface area contributed by atoms with Gasteiger partial charge in [-0.2, -0.15) is 5.10 Å². The Morgan fingerprint density at radius 3 is 2.63 bits per heavy atom. The summed E-state index contributed by atoms with van der Waals surface area (Å²) in [6.45, 7) is 4.00. The van der Waals surface area contributed by atoms with E-state index in [0.29, 0.717) is 5.82 Å². The number of benzene rings is 1. The highest BCUT2D eigenvalue weighted by Gasteiger charge is 2.19. The number of ketones is 1. The van der Waals surface area contributed by atoms with Gasteiger partial charge in [0.25, 0.3) is 0 Å². The van der Waals surface area contributed by atoms with Crippen LogP contribution in [-0.4, -0.2) is 20.5 Å². The van der Waals surface area contributed by atoms with Crippen molar-refractivity contribution >= 4 is 5.78 Å². The van der Waals surface area contributed by atoms with Crippen molar-refractivity contribution in [2.24, 2.45) is 5.73 Å². The molecule has 2 rings (SSSR count). The first kappa shape index (κ1) is 13.4. The van der Waals surface area contributed by atoms with E-state index in [1.54, 1.807) is 4.68 Å². The zero-order valence-electron chi connectivity index (χ0n) is 11.2. The van der Waals surface area contributed by atoms with E-state index in [0.717, 1.165) is 5.56 Å². The van der Waals surface area contributed by atoms with E-state index < -0.39 is 6.04 Å². The summed E-state index contributed by atoms with van der Waals surface area (Å²) >= 11 is 0. The van der Waals surface area contributed by atoms with E-state index >= 15 is 0 Å². The van der Waals surface area contributed by atoms with Crippen LogP contribution in [0.15, 0.2) is 36.7 Å². The minimum absolute atomic E-state index is 0.0545. The van der Waals surface area contributed by atoms with Gasteiger partial charge >= 0.3 is 0 Å². The van der Waals surface area contributed by atoms with Gasteiger partial charge in [-0.3, -0.25) is 4.79 Å². The number of hydrogen-bond acceptors (Lipinski definition) is 4. The number of aromatic nitrogens is 3. The third kappa shape index (κ3) is 3.06. The summed E-state index contributed by atoms with van der Waals surface area (Å²) in [7, 11) is 0. The van der Waals surface area contributed by atoms with Gasteiger partial charge in [0.15, 0.2) is 5.78 Å². The van der Waals surface area contributed by atoms with Gasteiger partial charge in [0, 0.05) is 6.04 Å². The second-order valence-corrected chi connectivity index (χ2v) is 4.75. The minimum atomic E-state index is -0.612. The van der Waals surface area contributed by atoms with Gasteiger partial charge in [0.2, 0.25) is 0 Å². The van der Waals surface area contributed by atoms with Crippen LogP contribution in [0.1, 0.15) is 37.3 Å². The van der Waals surface area contributed by atoms with Gasteiger partial charge in [-0.1, -0.05) is 30.3 Å². The van der Waals surface area contributed by atoms with E-state index in [1.165, 1.54) is 6.33 Å². The lowest BCUT2D eigenvalue weighted by molar-refractivity contribution is -0.119. The van der Waals surface area contributed by atoms with Crippen molar-refractivity contribution in [3.05, 3.63) is 48.0 Å². The number of nitrogens with zero attached hydrogens (tertiary/aromatic N) is 3. The van der Waals surface area contributed by atoms with Gasteiger partial charge in [0.05, 0.1) is 12.5 Å². The summed E-state index contributed by atoms with van der Waals surface area (Å²) in [6, 6.07) is 8.93. The highest BCUT2D eigenvalue weighted by molar-refractivity contribution is 5.86. The second kappa shape index (κ2) is 5.75. The van der Waals surface area contributed by atoms with Crippen LogP contribution in [0.4, 0.5) is 0 Å². The molecule has 0 spiro atoms. The van der Waals surface area contributed by atoms with Crippen LogP contribution in [0, 0.1) is 0 Å². The fourth-order valence-corrected chi connectivity index (χ4v) is 1.94. The molecule has 5 heteroatoms. The van der Waals surface area contributed by atoms with Gasteiger partial charge in [-0.05, 0) is 19.4 Å². The molecular formula is C14H18N4O. The molecule has 0 aliphatic rings. The number of nitrogens with two attached hydrogens (primary N) is 1. The molecular weight excluding hydrogens is 240 g/mol. The lowest BCUT2D eigenvalue weighted by Crippen LogP contribution is -2.24. The summed E-state index contributed by atoms with van der Waals surface area (Å²) in [5.74, 6) is 0.604. The molecule has 2 N–H and O–H groups in total. The predicted molar refractivity (Wildman–Crippen MR) is 72.5 cm³/mol. The maximum Gasteiger partial charge on any atom is 0.161 e. The summed E-state index contributed by atoms with van der Waals surface area (Å²) in [4.78, 5) is 16.3. The normalized spacial score (nSPS) is 12.6. The zero-order chi connectivity index (χ0) is 13.8. The van der Waals surface area contributed by atoms with E-state index in [4.69, 9.17) is 5.73 Å². The van der Waals surface area contributed by atoms with Crippen molar-refractivity contribution in [3.8, 4) is 0 Å². The molecule has 0 fully saturated rings. The average Bonchev–Trinajstić information content (AvgIpc) is 2.87. The molecule has 0 saturated carbocycles. The highest BCUT2D eigenvalue weighted by Crippen LogP contribution is 2.14. The Labute approximate surface area is 112 Å². The molecule has 19 heavy (non-hydrogen) atoms. The van der Waals surface area contributed by atoms with Crippen LogP contribution in [0.3, 0.4) is 0 Å². The fraction of sp³-hybridized carbons (Fsp3) is 0.357. The molecule has 0 saturated heterocycles. The minimum Gasteiger partial charge on any atom is -0.318 e. The van der Waals surface area contributed by atoms with Crippen molar-refractivity contribution in [1.82, 2.24) is 14.8 Å². The van der Waals surface area contributed by atoms with Crippen LogP contribution in [0.2, 0.25) is 0 Å². The lowest BCUT2D eigenvalue weighted by atomic mass is 10.0. The molecule has 1 aromatic carbocycles. The summed E-state index contributed by atoms with van der Waals surface area (Å²) < 4.78 is 1.75. The number of carbonyl (C=O) groups is 1. The highest BCUT2D eigenvalue weighted by atomic mass is 16.1. The van der Waals surface area contributed by atoms with Gasteiger partial charge in [-0.15, -0.1) is 0 Å². The van der Waals surface area contributed by atoms with Crippen molar-refractivity contribution in [2.75, 3.05) is 0 Å². The smallest absolute Gasteiger partial charge is 0.161 e. The Hall–Kier alpha value is -2.01. The number of carbonyl (C=O) groups excluding carboxylic acids is 1. The van der Waals surface area contributed by atoms with Crippen molar-refractivity contribution < 1.29 is 4.79 Å². The summed E-state index contributed by atoms with van der Waals surface area (Å²) in [5, 5.41) is 4.11. The van der Waals surface area contributed by atoms with Gasteiger partial charge < -0.3 is 5.73 Å². The quantitative estimate of drug-likeness (QED) is 0.885. The Kier molecular flexibility index (Phi) is 4.06. The molecule has 1 aromatic heterocycles. The molecule has 2 aromatic rings. The van der Waals surface area contributed by atoms with Crippen molar-refractivity contribution in [2.45, 2.75) is 32.4 Å². The zero-order valence-corrected chi connectivity index (χ0v) is 11.2. The van der Waals surface area contributed by atoms with Crippen molar-refractivity contribution in [1.29, 1.82) is 0 Å². The second-order valence-electron chi connectivity index (χ2n) is 4.75. The average molecular weight is 258 g/mol. The molecule has 100 valence electrons. The molecule has 1 heterocycles. The molecule has 0 amide bonds. The van der Waals surface area contributed by atoms with Crippen LogP contribution in [0.25, 0.3) is 0 Å². The Balaban J connectivity index is 2.11.